The highest BCUT2D eigenvalue weighted by atomic mass is 19.2. The zero-order valence-electron chi connectivity index (χ0n) is 21.2. The van der Waals surface area contributed by atoms with Gasteiger partial charge in [-0.05, 0) is 99.3 Å². The van der Waals surface area contributed by atoms with E-state index in [1.807, 2.05) is 0 Å². The summed E-state index contributed by atoms with van der Waals surface area (Å²) in [5.74, 6) is -2.84. The number of aliphatic hydroxyl groups excluding tert-OH is 1. The van der Waals surface area contributed by atoms with Gasteiger partial charge in [0.2, 0.25) is 0 Å². The Morgan fingerprint density at radius 3 is 2.05 bits per heavy atom. The lowest BCUT2D eigenvalue weighted by Crippen LogP contribution is -2.26. The highest BCUT2D eigenvalue weighted by Crippen LogP contribution is 2.42. The number of aliphatic hydroxyl groups is 1. The topological polar surface area (TPSA) is 55.8 Å². The van der Waals surface area contributed by atoms with Crippen molar-refractivity contribution in [1.82, 2.24) is 0 Å². The van der Waals surface area contributed by atoms with Crippen molar-refractivity contribution in [1.29, 1.82) is 0 Å². The van der Waals surface area contributed by atoms with E-state index in [2.05, 4.69) is 6.58 Å². The van der Waals surface area contributed by atoms with Gasteiger partial charge in [-0.2, -0.15) is 0 Å². The molecule has 1 unspecified atom stereocenters. The second kappa shape index (κ2) is 12.2. The van der Waals surface area contributed by atoms with E-state index in [-0.39, 0.29) is 47.9 Å². The van der Waals surface area contributed by atoms with Crippen LogP contribution in [0.15, 0.2) is 43.0 Å². The van der Waals surface area contributed by atoms with Gasteiger partial charge in [0, 0.05) is 6.07 Å². The summed E-state index contributed by atoms with van der Waals surface area (Å²) in [6, 6.07) is 7.41. The Kier molecular flexibility index (Phi) is 8.95. The van der Waals surface area contributed by atoms with E-state index in [9.17, 15) is 14.3 Å². The van der Waals surface area contributed by atoms with Crippen molar-refractivity contribution in [2.75, 3.05) is 6.61 Å². The zero-order chi connectivity index (χ0) is 26.5. The van der Waals surface area contributed by atoms with E-state index < -0.39 is 23.4 Å². The molecule has 4 rings (SSSR count). The summed E-state index contributed by atoms with van der Waals surface area (Å²) in [4.78, 5) is 12.6. The van der Waals surface area contributed by atoms with Crippen LogP contribution < -0.4 is 9.47 Å². The zero-order valence-corrected chi connectivity index (χ0v) is 21.2. The molecule has 1 atom stereocenters. The molecule has 0 amide bonds. The Morgan fingerprint density at radius 1 is 0.973 bits per heavy atom. The van der Waals surface area contributed by atoms with Crippen LogP contribution in [0.1, 0.15) is 81.3 Å². The van der Waals surface area contributed by atoms with Gasteiger partial charge in [0.15, 0.2) is 23.2 Å². The summed E-state index contributed by atoms with van der Waals surface area (Å²) in [6.07, 6.45) is 6.28. The number of carbonyl (C=O) groups excluding carboxylic acids is 1. The third-order valence-electron chi connectivity index (χ3n) is 8.01. The van der Waals surface area contributed by atoms with Gasteiger partial charge in [0.25, 0.3) is 0 Å². The van der Waals surface area contributed by atoms with Crippen LogP contribution in [-0.4, -0.2) is 23.8 Å². The molecular formula is C30H35F3O4. The predicted octanol–water partition coefficient (Wildman–Crippen LogP) is 7.20. The van der Waals surface area contributed by atoms with Gasteiger partial charge >= 0.3 is 5.97 Å². The van der Waals surface area contributed by atoms with E-state index in [0.717, 1.165) is 31.7 Å². The lowest BCUT2D eigenvalue weighted by atomic mass is 9.75. The first-order valence-corrected chi connectivity index (χ1v) is 13.2. The highest BCUT2D eigenvalue weighted by molar-refractivity contribution is 5.75. The van der Waals surface area contributed by atoms with Crippen molar-refractivity contribution >= 4 is 5.97 Å². The molecule has 0 aliphatic heterocycles. The molecule has 0 heterocycles. The monoisotopic (exact) mass is 516 g/mol. The van der Waals surface area contributed by atoms with Crippen LogP contribution in [0.5, 0.6) is 11.5 Å². The fourth-order valence-corrected chi connectivity index (χ4v) is 5.77. The van der Waals surface area contributed by atoms with E-state index >= 15 is 8.78 Å². The third kappa shape index (κ3) is 6.38. The van der Waals surface area contributed by atoms with Crippen molar-refractivity contribution in [2.45, 2.75) is 76.2 Å². The summed E-state index contributed by atoms with van der Waals surface area (Å²) < 4.78 is 54.9. The molecule has 2 saturated carbocycles. The number of halogens is 3. The Labute approximate surface area is 216 Å². The van der Waals surface area contributed by atoms with Gasteiger partial charge in [0.1, 0.15) is 12.4 Å². The van der Waals surface area contributed by atoms with Crippen molar-refractivity contribution in [3.63, 3.8) is 0 Å². The molecule has 0 radical (unpaired) electrons. The molecule has 200 valence electrons. The average Bonchev–Trinajstić information content (AvgIpc) is 2.90. The maximum atomic E-state index is 15.1. The quantitative estimate of drug-likeness (QED) is 0.229. The largest absolute Gasteiger partial charge is 0.486 e. The molecule has 2 aliphatic carbocycles. The van der Waals surface area contributed by atoms with Gasteiger partial charge in [-0.1, -0.05) is 24.8 Å². The van der Waals surface area contributed by atoms with Crippen LogP contribution in [0.2, 0.25) is 0 Å². The van der Waals surface area contributed by atoms with Crippen LogP contribution in [0, 0.1) is 29.3 Å². The molecule has 37 heavy (non-hydrogen) atoms. The summed E-state index contributed by atoms with van der Waals surface area (Å²) in [5.41, 5.74) is 0.790. The first-order chi connectivity index (χ1) is 17.8. The van der Waals surface area contributed by atoms with Gasteiger partial charge in [-0.15, -0.1) is 0 Å². The molecule has 0 spiro atoms. The number of rotatable bonds is 8. The minimum atomic E-state index is -0.782. The third-order valence-corrected chi connectivity index (χ3v) is 8.01. The number of carbonyl (C=O) groups is 1. The van der Waals surface area contributed by atoms with Crippen molar-refractivity contribution in [2.24, 2.45) is 11.8 Å². The maximum Gasteiger partial charge on any atom is 0.314 e. The van der Waals surface area contributed by atoms with E-state index in [4.69, 9.17) is 9.47 Å². The Balaban J connectivity index is 1.33. The second-order valence-electron chi connectivity index (χ2n) is 10.4. The van der Waals surface area contributed by atoms with Crippen LogP contribution in [0.3, 0.4) is 0 Å². The molecule has 2 aliphatic rings. The second-order valence-corrected chi connectivity index (χ2v) is 10.4. The SMILES string of the molecule is C=CCOc1ccc(OC(=O)C2CCC(c3ccc(C4CCC(C(C)O)CC4)c(F)c3F)CC2)cc1F. The van der Waals surface area contributed by atoms with Gasteiger partial charge in [0.05, 0.1) is 12.0 Å². The number of hydrogen-bond acceptors (Lipinski definition) is 4. The maximum absolute atomic E-state index is 15.1. The van der Waals surface area contributed by atoms with E-state index in [1.54, 1.807) is 19.1 Å². The van der Waals surface area contributed by atoms with Gasteiger partial charge < -0.3 is 14.6 Å². The molecule has 4 nitrogen and oxygen atoms in total. The van der Waals surface area contributed by atoms with Crippen LogP contribution >= 0.6 is 0 Å². The standard InChI is InChI=1S/C30H35F3O4/c1-3-16-36-27-15-12-23(17-26(27)31)37-30(35)22-10-8-21(9-11-22)25-14-13-24(28(32)29(25)33)20-6-4-19(5-7-20)18(2)34/h3,12-15,17-22,34H,1,4-11,16H2,2H3. The Bertz CT molecular complexity index is 1100. The molecular weight excluding hydrogens is 481 g/mol. The molecule has 0 saturated heterocycles. The number of benzene rings is 2. The average molecular weight is 517 g/mol. The summed E-state index contributed by atoms with van der Waals surface area (Å²) in [5, 5.41) is 9.80. The first kappa shape index (κ1) is 27.2. The Morgan fingerprint density at radius 2 is 1.54 bits per heavy atom. The van der Waals surface area contributed by atoms with Gasteiger partial charge in [-0.25, -0.2) is 13.2 Å². The van der Waals surface area contributed by atoms with E-state index in [1.165, 1.54) is 18.2 Å². The van der Waals surface area contributed by atoms with Crippen molar-refractivity contribution < 1.29 is 32.5 Å². The molecule has 2 aromatic rings. The summed E-state index contributed by atoms with van der Waals surface area (Å²) >= 11 is 0. The molecule has 2 aromatic carbocycles. The normalized spacial score (nSPS) is 24.8. The Hall–Kier alpha value is -2.80. The molecule has 0 aromatic heterocycles. The van der Waals surface area contributed by atoms with Crippen LogP contribution in [0.25, 0.3) is 0 Å². The van der Waals surface area contributed by atoms with Gasteiger partial charge in [-0.3, -0.25) is 4.79 Å². The highest BCUT2D eigenvalue weighted by Gasteiger charge is 2.32. The smallest absolute Gasteiger partial charge is 0.314 e. The van der Waals surface area contributed by atoms with Crippen molar-refractivity contribution in [3.05, 3.63) is 71.6 Å². The molecule has 2 fully saturated rings. The number of hydrogen-bond donors (Lipinski definition) is 1. The minimum Gasteiger partial charge on any atom is -0.486 e. The van der Waals surface area contributed by atoms with Crippen LogP contribution in [0.4, 0.5) is 13.2 Å². The molecule has 0 bridgehead atoms. The number of esters is 1. The lowest BCUT2D eigenvalue weighted by molar-refractivity contribution is -0.140. The van der Waals surface area contributed by atoms with Crippen molar-refractivity contribution in [3.8, 4) is 11.5 Å². The van der Waals surface area contributed by atoms with E-state index in [0.29, 0.717) is 36.8 Å². The minimum absolute atomic E-state index is 0.0310. The lowest BCUT2D eigenvalue weighted by Gasteiger charge is -2.31. The molecule has 7 heteroatoms. The summed E-state index contributed by atoms with van der Waals surface area (Å²) in [7, 11) is 0. The predicted molar refractivity (Wildman–Crippen MR) is 135 cm³/mol. The number of ether oxygens (including phenoxy) is 2. The molecule has 1 N–H and O–H groups in total. The fourth-order valence-electron chi connectivity index (χ4n) is 5.77. The van der Waals surface area contributed by atoms with Crippen LogP contribution in [-0.2, 0) is 4.79 Å². The first-order valence-electron chi connectivity index (χ1n) is 13.2. The summed E-state index contributed by atoms with van der Waals surface area (Å²) in [6.45, 7) is 5.46. The fraction of sp³-hybridized carbons (Fsp3) is 0.500.